The summed E-state index contributed by atoms with van der Waals surface area (Å²) in [6.07, 6.45) is 3.41. The van der Waals surface area contributed by atoms with Crippen molar-refractivity contribution in [1.29, 1.82) is 0 Å². The van der Waals surface area contributed by atoms with Gasteiger partial charge in [-0.05, 0) is 55.2 Å². The number of nitro groups is 1. The van der Waals surface area contributed by atoms with E-state index in [0.29, 0.717) is 30.5 Å². The number of aromatic nitrogens is 1. The fourth-order valence-electron chi connectivity index (χ4n) is 4.52. The maximum atomic E-state index is 13.1. The van der Waals surface area contributed by atoms with E-state index in [2.05, 4.69) is 4.18 Å². The first-order valence-electron chi connectivity index (χ1n) is 10.8. The molecular formula is C22H23N3O9S. The Bertz CT molecular complexity index is 1270. The number of hydrogen-bond acceptors (Lipinski definition) is 8. The summed E-state index contributed by atoms with van der Waals surface area (Å²) in [5.74, 6) is -2.06. The molecule has 2 aromatic rings. The van der Waals surface area contributed by atoms with Crippen molar-refractivity contribution < 1.29 is 36.4 Å². The lowest BCUT2D eigenvalue weighted by Crippen LogP contribution is -2.62. The summed E-state index contributed by atoms with van der Waals surface area (Å²) in [5, 5.41) is 10.8. The van der Waals surface area contributed by atoms with E-state index in [1.807, 2.05) is 29.1 Å². The minimum atomic E-state index is -4.75. The molecule has 1 aromatic carbocycles. The quantitative estimate of drug-likeness (QED) is 0.168. The molecule has 0 spiro atoms. The average molecular weight is 506 g/mol. The number of β-lactam (4-membered cyclic amide) rings is 1. The number of aryl methyl sites for hydroxylation is 1. The molecule has 1 fully saturated rings. The molecule has 186 valence electrons. The van der Waals surface area contributed by atoms with Gasteiger partial charge < -0.3 is 14.2 Å². The summed E-state index contributed by atoms with van der Waals surface area (Å²) in [6, 6.07) is 8.79. The number of hydrogen-bond donors (Lipinski definition) is 1. The van der Waals surface area contributed by atoms with Crippen LogP contribution in [0.1, 0.15) is 25.3 Å². The third-order valence-corrected chi connectivity index (χ3v) is 6.67. The van der Waals surface area contributed by atoms with Crippen LogP contribution in [-0.4, -0.2) is 51.4 Å². The van der Waals surface area contributed by atoms with Crippen LogP contribution < -0.4 is 0 Å². The largest absolute Gasteiger partial charge is 0.456 e. The van der Waals surface area contributed by atoms with Crippen LogP contribution in [0.25, 0.3) is 0 Å². The van der Waals surface area contributed by atoms with Crippen molar-refractivity contribution in [2.24, 2.45) is 5.92 Å². The zero-order valence-electron chi connectivity index (χ0n) is 18.6. The molecular weight excluding hydrogens is 482 g/mol. The highest BCUT2D eigenvalue weighted by atomic mass is 32.3. The highest BCUT2D eigenvalue weighted by Gasteiger charge is 2.57. The number of carbonyl (C=O) groups is 2. The number of fused-ring (bicyclic) bond motifs is 1. The maximum absolute atomic E-state index is 13.1. The number of amides is 1. The number of nitro benzene ring substituents is 1. The van der Waals surface area contributed by atoms with Crippen LogP contribution in [0.5, 0.6) is 0 Å². The van der Waals surface area contributed by atoms with Crippen molar-refractivity contribution >= 4 is 28.0 Å². The highest BCUT2D eigenvalue weighted by Crippen LogP contribution is 2.45. The van der Waals surface area contributed by atoms with Gasteiger partial charge in [-0.2, -0.15) is 8.42 Å². The Labute approximate surface area is 200 Å². The first kappa shape index (κ1) is 24.6. The minimum Gasteiger partial charge on any atom is -0.456 e. The Kier molecular flexibility index (Phi) is 6.74. The zero-order chi connectivity index (χ0) is 25.3. The van der Waals surface area contributed by atoms with Crippen LogP contribution in [0.3, 0.4) is 0 Å². The van der Waals surface area contributed by atoms with Crippen LogP contribution in [0.4, 0.5) is 5.69 Å². The van der Waals surface area contributed by atoms with Crippen molar-refractivity contribution in [3.63, 3.8) is 0 Å². The van der Waals surface area contributed by atoms with E-state index in [1.54, 1.807) is 0 Å². The predicted octanol–water partition coefficient (Wildman–Crippen LogP) is 2.22. The van der Waals surface area contributed by atoms with Crippen LogP contribution in [-0.2, 0) is 42.1 Å². The van der Waals surface area contributed by atoms with Gasteiger partial charge in [0.15, 0.2) is 0 Å². The maximum Gasteiger partial charge on any atom is 0.397 e. The van der Waals surface area contributed by atoms with Gasteiger partial charge in [-0.15, -0.1) is 0 Å². The Balaban J connectivity index is 1.50. The van der Waals surface area contributed by atoms with Gasteiger partial charge in [-0.25, -0.2) is 8.98 Å². The lowest BCUT2D eigenvalue weighted by atomic mass is 9.83. The second-order valence-corrected chi connectivity index (χ2v) is 9.41. The fraction of sp³-hybridized carbons (Fsp3) is 0.364. The van der Waals surface area contributed by atoms with Gasteiger partial charge in [0, 0.05) is 31.1 Å². The normalized spacial score (nSPS) is 20.4. The molecule has 0 bridgehead atoms. The Morgan fingerprint density at radius 3 is 2.51 bits per heavy atom. The van der Waals surface area contributed by atoms with Gasteiger partial charge in [0.1, 0.15) is 12.3 Å². The fourth-order valence-corrected chi connectivity index (χ4v) is 5.03. The van der Waals surface area contributed by atoms with E-state index in [1.165, 1.54) is 36.1 Å². The molecule has 3 heterocycles. The lowest BCUT2D eigenvalue weighted by Gasteiger charge is -2.45. The number of rotatable bonds is 10. The topological polar surface area (TPSA) is 158 Å². The molecule has 0 saturated carbocycles. The summed E-state index contributed by atoms with van der Waals surface area (Å²) in [6.45, 7) is 1.78. The number of esters is 1. The molecule has 13 heteroatoms. The Morgan fingerprint density at radius 1 is 1.26 bits per heavy atom. The van der Waals surface area contributed by atoms with E-state index in [4.69, 9.17) is 9.29 Å². The van der Waals surface area contributed by atoms with Gasteiger partial charge in [0.2, 0.25) is 5.91 Å². The SMILES string of the molecule is C[C@H](OS(=O)(=O)O)[C@@H]1C(=O)N2C(C(=O)OCc3ccc([N+](=O)[O-])cc3)=C(CCn3cccc3)CC12. The van der Waals surface area contributed by atoms with E-state index >= 15 is 0 Å². The lowest BCUT2D eigenvalue weighted by molar-refractivity contribution is -0.384. The monoisotopic (exact) mass is 505 g/mol. The van der Waals surface area contributed by atoms with Gasteiger partial charge in [0.25, 0.3) is 5.69 Å². The first-order valence-corrected chi connectivity index (χ1v) is 12.1. The van der Waals surface area contributed by atoms with Crippen LogP contribution in [0, 0.1) is 16.0 Å². The molecule has 1 aromatic heterocycles. The molecule has 4 rings (SSSR count). The second-order valence-electron chi connectivity index (χ2n) is 8.36. The number of non-ortho nitro benzene ring substituents is 1. The summed E-state index contributed by atoms with van der Waals surface area (Å²) in [5.41, 5.74) is 1.25. The first-order chi connectivity index (χ1) is 16.5. The highest BCUT2D eigenvalue weighted by molar-refractivity contribution is 7.80. The van der Waals surface area contributed by atoms with Crippen molar-refractivity contribution in [3.8, 4) is 0 Å². The van der Waals surface area contributed by atoms with Crippen molar-refractivity contribution in [2.45, 2.75) is 45.1 Å². The molecule has 3 atom stereocenters. The summed E-state index contributed by atoms with van der Waals surface area (Å²) in [7, 11) is -4.75. The van der Waals surface area contributed by atoms with E-state index in [-0.39, 0.29) is 18.0 Å². The van der Waals surface area contributed by atoms with Crippen molar-refractivity contribution in [3.05, 3.63) is 75.7 Å². The second kappa shape index (κ2) is 9.60. The third kappa shape index (κ3) is 5.26. The number of carbonyl (C=O) groups excluding carboxylic acids is 2. The molecule has 1 unspecified atom stereocenters. The van der Waals surface area contributed by atoms with Gasteiger partial charge in [-0.1, -0.05) is 0 Å². The summed E-state index contributed by atoms with van der Waals surface area (Å²) in [4.78, 5) is 37.5. The molecule has 35 heavy (non-hydrogen) atoms. The zero-order valence-corrected chi connectivity index (χ0v) is 19.5. The smallest absolute Gasteiger partial charge is 0.397 e. The molecule has 2 aliphatic heterocycles. The van der Waals surface area contributed by atoms with E-state index in [0.717, 1.165) is 0 Å². The minimum absolute atomic E-state index is 0.0906. The van der Waals surface area contributed by atoms with E-state index in [9.17, 15) is 28.1 Å². The van der Waals surface area contributed by atoms with Gasteiger partial charge in [0.05, 0.1) is 23.0 Å². The standard InChI is InChI=1S/C22H23N3O9S/c1-14(34-35(30,31)32)19-18-12-16(8-11-23-9-2-3-10-23)20(24(18)21(19)26)22(27)33-13-15-4-6-17(7-5-15)25(28)29/h2-7,9-10,14,18-19H,8,11-13H2,1H3,(H,30,31,32)/t14-,18?,19-/m0/s1. The summed E-state index contributed by atoms with van der Waals surface area (Å²) < 4.78 is 43.2. The summed E-state index contributed by atoms with van der Waals surface area (Å²) >= 11 is 0. The molecule has 1 N–H and O–H groups in total. The Hall–Kier alpha value is -3.55. The average Bonchev–Trinajstić information content (AvgIpc) is 3.41. The predicted molar refractivity (Wildman–Crippen MR) is 120 cm³/mol. The molecule has 0 aliphatic carbocycles. The van der Waals surface area contributed by atoms with Crippen LogP contribution in [0.2, 0.25) is 0 Å². The molecule has 1 saturated heterocycles. The van der Waals surface area contributed by atoms with Gasteiger partial charge >= 0.3 is 16.4 Å². The molecule has 12 nitrogen and oxygen atoms in total. The third-order valence-electron chi connectivity index (χ3n) is 6.13. The number of benzene rings is 1. The van der Waals surface area contributed by atoms with E-state index < -0.39 is 45.3 Å². The molecule has 2 aliphatic rings. The van der Waals surface area contributed by atoms with Gasteiger partial charge in [-0.3, -0.25) is 19.5 Å². The molecule has 0 radical (unpaired) electrons. The Morgan fingerprint density at radius 2 is 1.91 bits per heavy atom. The molecule has 1 amide bonds. The number of ether oxygens (including phenoxy) is 1. The van der Waals surface area contributed by atoms with Crippen molar-refractivity contribution in [1.82, 2.24) is 9.47 Å². The van der Waals surface area contributed by atoms with Crippen LogP contribution >= 0.6 is 0 Å². The van der Waals surface area contributed by atoms with Crippen LogP contribution in [0.15, 0.2) is 60.1 Å². The number of nitrogens with zero attached hydrogens (tertiary/aromatic N) is 3. The van der Waals surface area contributed by atoms with Crippen molar-refractivity contribution in [2.75, 3.05) is 0 Å².